The van der Waals surface area contributed by atoms with Gasteiger partial charge in [0.05, 0.1) is 12.0 Å². The zero-order chi connectivity index (χ0) is 30.6. The number of fused-ring (bicyclic) bond motifs is 4. The summed E-state index contributed by atoms with van der Waals surface area (Å²) in [4.78, 5) is 13.0. The van der Waals surface area contributed by atoms with Crippen molar-refractivity contribution in [2.75, 3.05) is 0 Å². The van der Waals surface area contributed by atoms with E-state index in [-0.39, 0.29) is 5.41 Å². The van der Waals surface area contributed by atoms with Gasteiger partial charge in [-0.15, -0.1) is 0 Å². The van der Waals surface area contributed by atoms with E-state index in [9.17, 15) is 20.1 Å². The van der Waals surface area contributed by atoms with Crippen molar-refractivity contribution in [3.8, 4) is 5.75 Å². The molecule has 0 radical (unpaired) electrons. The van der Waals surface area contributed by atoms with Crippen LogP contribution in [0.3, 0.4) is 0 Å². The van der Waals surface area contributed by atoms with Crippen molar-refractivity contribution in [2.24, 2.45) is 17.8 Å². The molecule has 0 heterocycles. The van der Waals surface area contributed by atoms with Crippen LogP contribution in [0.15, 0.2) is 72.3 Å². The molecule has 2 aromatic rings. The molecular formula is C40H52O4. The zero-order valence-electron chi connectivity index (χ0n) is 26.4. The molecule has 0 aliphatic heterocycles. The Bertz CT molecular complexity index is 1340. The molecule has 0 unspecified atom stereocenters. The number of aliphatic carboxylic acids is 1. The standard InChI is InChI=1S/C40H52O4/c41-35-19-17-32(18-20-35)39-24-22-30(25-33(39)13-4-2-1-3-9-29-10-5-6-11-29)16-21-37(38(43)44)40(23-8-15-36(42)28-40)34-14-7-12-31(26-34)27-39/h5,7,10,12,14,16-20,26,29,33,36-37,41-42H,1-4,6,8-9,11,13,15,21-25,27-28H2,(H,43,44)/b30-16-/t29-,33+,36+,37+,39-,40+/m1/s1. The maximum atomic E-state index is 13.0. The van der Waals surface area contributed by atoms with Crippen LogP contribution in [0.4, 0.5) is 0 Å². The molecule has 3 N–H and O–H groups in total. The number of carboxylic acid groups (broad SMARTS) is 1. The van der Waals surface area contributed by atoms with Crippen molar-refractivity contribution in [2.45, 2.75) is 126 Å². The molecule has 4 nitrogen and oxygen atoms in total. The first-order chi connectivity index (χ1) is 21.4. The van der Waals surface area contributed by atoms with Gasteiger partial charge in [0.2, 0.25) is 0 Å². The number of aromatic hydroxyl groups is 1. The Morgan fingerprint density at radius 3 is 2.48 bits per heavy atom. The van der Waals surface area contributed by atoms with Gasteiger partial charge in [0.25, 0.3) is 0 Å². The minimum Gasteiger partial charge on any atom is -0.508 e. The van der Waals surface area contributed by atoms with Crippen LogP contribution in [0.5, 0.6) is 5.75 Å². The van der Waals surface area contributed by atoms with E-state index in [1.54, 1.807) is 0 Å². The van der Waals surface area contributed by atoms with Crippen LogP contribution < -0.4 is 0 Å². The quantitative estimate of drug-likeness (QED) is 0.199. The summed E-state index contributed by atoms with van der Waals surface area (Å²) in [5.74, 6) is 0.279. The van der Waals surface area contributed by atoms with Crippen molar-refractivity contribution >= 4 is 5.97 Å². The monoisotopic (exact) mass is 596 g/mol. The van der Waals surface area contributed by atoms with Gasteiger partial charge in [0.15, 0.2) is 0 Å². The van der Waals surface area contributed by atoms with E-state index in [1.807, 2.05) is 12.1 Å². The van der Waals surface area contributed by atoms with Gasteiger partial charge in [-0.2, -0.15) is 0 Å². The number of allylic oxidation sites excluding steroid dienone is 4. The molecule has 0 amide bonds. The molecular weight excluding hydrogens is 544 g/mol. The fourth-order valence-corrected chi connectivity index (χ4v) is 9.62. The molecule has 5 aliphatic rings. The predicted octanol–water partition coefficient (Wildman–Crippen LogP) is 9.18. The highest BCUT2D eigenvalue weighted by molar-refractivity contribution is 5.73. The number of benzene rings is 2. The lowest BCUT2D eigenvalue weighted by Crippen LogP contribution is -2.45. The highest BCUT2D eigenvalue weighted by Crippen LogP contribution is 2.53. The Morgan fingerprint density at radius 2 is 1.73 bits per heavy atom. The molecule has 2 fully saturated rings. The first-order valence-electron chi connectivity index (χ1n) is 17.5. The second-order valence-corrected chi connectivity index (χ2v) is 14.6. The second-order valence-electron chi connectivity index (χ2n) is 14.6. The van der Waals surface area contributed by atoms with E-state index >= 15 is 0 Å². The van der Waals surface area contributed by atoms with Gasteiger partial charge < -0.3 is 15.3 Å². The molecule has 0 aromatic heterocycles. The summed E-state index contributed by atoms with van der Waals surface area (Å²) in [6.07, 6.45) is 24.1. The maximum absolute atomic E-state index is 13.0. The smallest absolute Gasteiger partial charge is 0.307 e. The van der Waals surface area contributed by atoms with Crippen LogP contribution in [-0.4, -0.2) is 27.4 Å². The number of phenolic OH excluding ortho intramolecular Hbond substituents is 1. The molecule has 1 spiro atoms. The van der Waals surface area contributed by atoms with E-state index in [0.29, 0.717) is 24.5 Å². The van der Waals surface area contributed by atoms with Crippen LogP contribution in [0.25, 0.3) is 0 Å². The zero-order valence-corrected chi connectivity index (χ0v) is 26.4. The molecule has 7 rings (SSSR count). The molecule has 4 bridgehead atoms. The number of carbonyl (C=O) groups is 1. The Kier molecular flexibility index (Phi) is 9.66. The summed E-state index contributed by atoms with van der Waals surface area (Å²) in [6, 6.07) is 16.8. The number of aliphatic hydroxyl groups is 1. The Morgan fingerprint density at radius 1 is 0.909 bits per heavy atom. The number of unbranched alkanes of at least 4 members (excludes halogenated alkanes) is 3. The number of hydrogen-bond acceptors (Lipinski definition) is 3. The van der Waals surface area contributed by atoms with Gasteiger partial charge in [0.1, 0.15) is 5.75 Å². The highest BCUT2D eigenvalue weighted by Gasteiger charge is 2.48. The van der Waals surface area contributed by atoms with Gasteiger partial charge in [0, 0.05) is 10.8 Å². The highest BCUT2D eigenvalue weighted by atomic mass is 16.4. The molecule has 44 heavy (non-hydrogen) atoms. The predicted molar refractivity (Wildman–Crippen MR) is 177 cm³/mol. The van der Waals surface area contributed by atoms with Gasteiger partial charge in [-0.3, -0.25) is 4.79 Å². The normalized spacial score (nSPS) is 33.0. The molecule has 2 aromatic carbocycles. The topological polar surface area (TPSA) is 77.8 Å². The lowest BCUT2D eigenvalue weighted by molar-refractivity contribution is -0.145. The Labute approximate surface area is 264 Å². The summed E-state index contributed by atoms with van der Waals surface area (Å²) < 4.78 is 0. The summed E-state index contributed by atoms with van der Waals surface area (Å²) in [5, 5.41) is 31.7. The van der Waals surface area contributed by atoms with Crippen molar-refractivity contribution in [1.82, 2.24) is 0 Å². The molecule has 5 aliphatic carbocycles. The minimum absolute atomic E-state index is 0.0387. The fourth-order valence-electron chi connectivity index (χ4n) is 9.62. The molecule has 4 heteroatoms. The third kappa shape index (κ3) is 6.57. The number of rotatable bonds is 9. The third-order valence-corrected chi connectivity index (χ3v) is 12.0. The number of aliphatic hydroxyl groups excluding tert-OH is 1. The lowest BCUT2D eigenvalue weighted by atomic mass is 9.56. The van der Waals surface area contributed by atoms with Crippen molar-refractivity contribution in [3.05, 3.63) is 89.0 Å². The summed E-state index contributed by atoms with van der Waals surface area (Å²) in [5.41, 5.74) is 4.49. The largest absolute Gasteiger partial charge is 0.508 e. The van der Waals surface area contributed by atoms with Crippen LogP contribution in [0, 0.1) is 17.8 Å². The Hall–Kier alpha value is -2.85. The summed E-state index contributed by atoms with van der Waals surface area (Å²) >= 11 is 0. The van der Waals surface area contributed by atoms with Gasteiger partial charge in [-0.1, -0.05) is 85.9 Å². The molecule has 236 valence electrons. The van der Waals surface area contributed by atoms with Crippen LogP contribution >= 0.6 is 0 Å². The SMILES string of the molecule is O=C(O)[C@@H]1C/C=C2/CC[C@](c3ccc(O)cc3)(Cc3cccc(c3)[C@@]13CCC[C@H](O)C3)[C@@H](CCCCCC[C@@H]1C=CCC1)C2. The van der Waals surface area contributed by atoms with E-state index in [4.69, 9.17) is 0 Å². The first kappa shape index (κ1) is 31.1. The number of phenols is 1. The van der Waals surface area contributed by atoms with Crippen LogP contribution in [-0.2, 0) is 22.0 Å². The first-order valence-corrected chi connectivity index (χ1v) is 17.5. The summed E-state index contributed by atoms with van der Waals surface area (Å²) in [7, 11) is 0. The van der Waals surface area contributed by atoms with E-state index in [2.05, 4.69) is 54.6 Å². The average Bonchev–Trinajstić information content (AvgIpc) is 3.54. The van der Waals surface area contributed by atoms with Crippen molar-refractivity contribution < 1.29 is 20.1 Å². The van der Waals surface area contributed by atoms with Crippen molar-refractivity contribution in [1.29, 1.82) is 0 Å². The van der Waals surface area contributed by atoms with E-state index in [1.165, 1.54) is 68.1 Å². The average molecular weight is 597 g/mol. The van der Waals surface area contributed by atoms with Gasteiger partial charge in [-0.05, 0) is 124 Å². The fraction of sp³-hybridized carbons (Fsp3) is 0.575. The third-order valence-electron chi connectivity index (χ3n) is 12.0. The van der Waals surface area contributed by atoms with Gasteiger partial charge >= 0.3 is 5.97 Å². The van der Waals surface area contributed by atoms with Crippen LogP contribution in [0.2, 0.25) is 0 Å². The molecule has 6 atom stereocenters. The van der Waals surface area contributed by atoms with Crippen LogP contribution in [0.1, 0.15) is 119 Å². The summed E-state index contributed by atoms with van der Waals surface area (Å²) in [6.45, 7) is 0. The maximum Gasteiger partial charge on any atom is 0.307 e. The molecule has 2 saturated carbocycles. The number of hydrogen-bond donors (Lipinski definition) is 3. The molecule has 0 saturated heterocycles. The minimum atomic E-state index is -0.739. The number of carboxylic acids is 1. The van der Waals surface area contributed by atoms with E-state index < -0.39 is 23.4 Å². The van der Waals surface area contributed by atoms with E-state index in [0.717, 1.165) is 56.4 Å². The lowest BCUT2D eigenvalue weighted by Gasteiger charge is -2.48. The Balaban J connectivity index is 1.33. The second kappa shape index (κ2) is 13.6. The van der Waals surface area contributed by atoms with Gasteiger partial charge in [-0.25, -0.2) is 0 Å². The van der Waals surface area contributed by atoms with Crippen molar-refractivity contribution in [3.63, 3.8) is 0 Å².